The number of halogens is 3. The third-order valence-electron chi connectivity index (χ3n) is 2.36. The van der Waals surface area contributed by atoms with Crippen LogP contribution in [0.3, 0.4) is 0 Å². The van der Waals surface area contributed by atoms with Crippen molar-refractivity contribution >= 4 is 50.6 Å². The molecule has 2 rings (SSSR count). The van der Waals surface area contributed by atoms with Crippen LogP contribution in [0.1, 0.15) is 15.9 Å². The number of anilines is 1. The van der Waals surface area contributed by atoms with Gasteiger partial charge in [-0.25, -0.2) is 0 Å². The van der Waals surface area contributed by atoms with E-state index in [9.17, 15) is 4.79 Å². The Kier molecular flexibility index (Phi) is 3.95. The molecule has 0 aromatic heterocycles. The molecule has 2 N–H and O–H groups in total. The van der Waals surface area contributed by atoms with Gasteiger partial charge in [0.05, 0.1) is 5.02 Å². The van der Waals surface area contributed by atoms with E-state index in [2.05, 4.69) is 15.9 Å². The van der Waals surface area contributed by atoms with Crippen molar-refractivity contribution in [2.24, 2.45) is 0 Å². The molecule has 0 fully saturated rings. The van der Waals surface area contributed by atoms with Crippen LogP contribution in [-0.4, -0.2) is 5.78 Å². The Morgan fingerprint density at radius 2 is 1.83 bits per heavy atom. The molecule has 18 heavy (non-hydrogen) atoms. The Morgan fingerprint density at radius 3 is 2.44 bits per heavy atom. The Hall–Kier alpha value is -1.03. The van der Waals surface area contributed by atoms with Gasteiger partial charge in [0.1, 0.15) is 0 Å². The fourth-order valence-electron chi connectivity index (χ4n) is 1.56. The molecule has 0 radical (unpaired) electrons. The SMILES string of the molecule is Nc1ccc(C(=O)c2cc(Cl)cc(Br)c2)c(Cl)c1. The van der Waals surface area contributed by atoms with E-state index in [0.717, 1.165) is 4.47 Å². The molecule has 92 valence electrons. The molecule has 0 heterocycles. The fraction of sp³-hybridized carbons (Fsp3) is 0. The Morgan fingerprint density at radius 1 is 1.11 bits per heavy atom. The third-order valence-corrected chi connectivity index (χ3v) is 3.35. The highest BCUT2D eigenvalue weighted by Gasteiger charge is 2.14. The van der Waals surface area contributed by atoms with Crippen molar-refractivity contribution in [3.05, 3.63) is 62.0 Å². The number of carbonyl (C=O) groups is 1. The zero-order chi connectivity index (χ0) is 13.3. The highest BCUT2D eigenvalue weighted by Crippen LogP contribution is 2.25. The summed E-state index contributed by atoms with van der Waals surface area (Å²) < 4.78 is 0.741. The van der Waals surface area contributed by atoms with Crippen LogP contribution in [0.2, 0.25) is 10.0 Å². The smallest absolute Gasteiger partial charge is 0.194 e. The van der Waals surface area contributed by atoms with E-state index >= 15 is 0 Å². The normalized spacial score (nSPS) is 10.4. The summed E-state index contributed by atoms with van der Waals surface area (Å²) in [7, 11) is 0. The molecule has 2 nitrogen and oxygen atoms in total. The lowest BCUT2D eigenvalue weighted by Crippen LogP contribution is -2.03. The van der Waals surface area contributed by atoms with Crippen LogP contribution < -0.4 is 5.73 Å². The lowest BCUT2D eigenvalue weighted by molar-refractivity contribution is 0.103. The molecule has 0 spiro atoms. The molecule has 2 aromatic rings. The zero-order valence-electron chi connectivity index (χ0n) is 9.08. The number of carbonyl (C=O) groups excluding carboxylic acids is 1. The highest BCUT2D eigenvalue weighted by molar-refractivity contribution is 9.10. The second kappa shape index (κ2) is 5.31. The summed E-state index contributed by atoms with van der Waals surface area (Å²) in [6, 6.07) is 9.80. The summed E-state index contributed by atoms with van der Waals surface area (Å²) in [6.07, 6.45) is 0. The van der Waals surface area contributed by atoms with Gasteiger partial charge in [-0.05, 0) is 36.4 Å². The molecule has 0 saturated heterocycles. The molecule has 0 aliphatic carbocycles. The first-order valence-corrected chi connectivity index (χ1v) is 6.58. The van der Waals surface area contributed by atoms with Gasteiger partial charge in [-0.15, -0.1) is 0 Å². The van der Waals surface area contributed by atoms with Crippen LogP contribution >= 0.6 is 39.1 Å². The van der Waals surface area contributed by atoms with Crippen LogP contribution in [0.4, 0.5) is 5.69 Å². The molecule has 0 atom stereocenters. The Bertz CT molecular complexity index is 608. The van der Waals surface area contributed by atoms with E-state index in [1.54, 1.807) is 36.4 Å². The number of nitrogen functional groups attached to an aromatic ring is 1. The van der Waals surface area contributed by atoms with Gasteiger partial charge in [-0.2, -0.15) is 0 Å². The minimum Gasteiger partial charge on any atom is -0.399 e. The van der Waals surface area contributed by atoms with Gasteiger partial charge in [0.15, 0.2) is 5.78 Å². The maximum absolute atomic E-state index is 12.3. The van der Waals surface area contributed by atoms with Crippen molar-refractivity contribution in [3.8, 4) is 0 Å². The number of ketones is 1. The summed E-state index contributed by atoms with van der Waals surface area (Å²) >= 11 is 15.2. The van der Waals surface area contributed by atoms with Crippen LogP contribution in [-0.2, 0) is 0 Å². The van der Waals surface area contributed by atoms with Gasteiger partial charge in [0.2, 0.25) is 0 Å². The lowest BCUT2D eigenvalue weighted by atomic mass is 10.0. The fourth-order valence-corrected chi connectivity index (χ4v) is 2.69. The number of rotatable bonds is 2. The highest BCUT2D eigenvalue weighted by atomic mass is 79.9. The van der Waals surface area contributed by atoms with Gasteiger partial charge >= 0.3 is 0 Å². The van der Waals surface area contributed by atoms with Crippen molar-refractivity contribution in [2.75, 3.05) is 5.73 Å². The van der Waals surface area contributed by atoms with Gasteiger partial charge in [0.25, 0.3) is 0 Å². The summed E-state index contributed by atoms with van der Waals surface area (Å²) in [4.78, 5) is 12.3. The monoisotopic (exact) mass is 343 g/mol. The van der Waals surface area contributed by atoms with Crippen molar-refractivity contribution in [1.82, 2.24) is 0 Å². The first-order valence-electron chi connectivity index (χ1n) is 5.03. The number of nitrogens with two attached hydrogens (primary N) is 1. The number of benzene rings is 2. The van der Waals surface area contributed by atoms with Crippen molar-refractivity contribution in [2.45, 2.75) is 0 Å². The Balaban J connectivity index is 2.47. The Labute approximate surface area is 123 Å². The largest absolute Gasteiger partial charge is 0.399 e. The summed E-state index contributed by atoms with van der Waals surface area (Å²) in [6.45, 7) is 0. The minimum atomic E-state index is -0.191. The molecule has 5 heteroatoms. The predicted molar refractivity (Wildman–Crippen MR) is 78.4 cm³/mol. The van der Waals surface area contributed by atoms with E-state index in [1.807, 2.05) is 0 Å². The van der Waals surface area contributed by atoms with Gasteiger partial charge in [-0.1, -0.05) is 39.1 Å². The second-order valence-electron chi connectivity index (χ2n) is 3.73. The first kappa shape index (κ1) is 13.4. The van der Waals surface area contributed by atoms with Crippen LogP contribution in [0.25, 0.3) is 0 Å². The van der Waals surface area contributed by atoms with Crippen molar-refractivity contribution in [3.63, 3.8) is 0 Å². The average Bonchev–Trinajstić information content (AvgIpc) is 2.26. The van der Waals surface area contributed by atoms with Crippen LogP contribution in [0, 0.1) is 0 Å². The molecule has 0 saturated carbocycles. The van der Waals surface area contributed by atoms with E-state index in [4.69, 9.17) is 28.9 Å². The van der Waals surface area contributed by atoms with Gasteiger partial charge in [-0.3, -0.25) is 4.79 Å². The second-order valence-corrected chi connectivity index (χ2v) is 5.49. The molecule has 0 amide bonds. The predicted octanol–water partition coefficient (Wildman–Crippen LogP) is 4.57. The standard InChI is InChI=1S/C13H8BrCl2NO/c14-8-3-7(4-9(15)5-8)13(18)11-2-1-10(17)6-12(11)16/h1-6H,17H2. The van der Waals surface area contributed by atoms with Crippen molar-refractivity contribution in [1.29, 1.82) is 0 Å². The summed E-state index contributed by atoms with van der Waals surface area (Å²) in [5.74, 6) is -0.191. The van der Waals surface area contributed by atoms with Crippen molar-refractivity contribution < 1.29 is 4.79 Å². The van der Waals surface area contributed by atoms with Gasteiger partial charge in [0, 0.05) is 26.3 Å². The molecular formula is C13H8BrCl2NO. The first-order chi connectivity index (χ1) is 8.47. The zero-order valence-corrected chi connectivity index (χ0v) is 12.2. The van der Waals surface area contributed by atoms with E-state index in [0.29, 0.717) is 26.9 Å². The van der Waals surface area contributed by atoms with E-state index in [1.165, 1.54) is 0 Å². The summed E-state index contributed by atoms with van der Waals surface area (Å²) in [5.41, 5.74) is 6.98. The van der Waals surface area contributed by atoms with Gasteiger partial charge < -0.3 is 5.73 Å². The maximum Gasteiger partial charge on any atom is 0.194 e. The molecule has 0 aliphatic rings. The van der Waals surface area contributed by atoms with Crippen LogP contribution in [0.15, 0.2) is 40.9 Å². The average molecular weight is 345 g/mol. The topological polar surface area (TPSA) is 43.1 Å². The molecule has 0 aliphatic heterocycles. The quantitative estimate of drug-likeness (QED) is 0.640. The molecule has 0 bridgehead atoms. The summed E-state index contributed by atoms with van der Waals surface area (Å²) in [5, 5.41) is 0.815. The minimum absolute atomic E-state index is 0.191. The van der Waals surface area contributed by atoms with Crippen LogP contribution in [0.5, 0.6) is 0 Å². The maximum atomic E-state index is 12.3. The lowest BCUT2D eigenvalue weighted by Gasteiger charge is -2.06. The van der Waals surface area contributed by atoms with E-state index < -0.39 is 0 Å². The number of hydrogen-bond donors (Lipinski definition) is 1. The third kappa shape index (κ3) is 2.86. The molecule has 0 unspecified atom stereocenters. The van der Waals surface area contributed by atoms with E-state index in [-0.39, 0.29) is 5.78 Å². The number of hydrogen-bond acceptors (Lipinski definition) is 2. The molecule has 2 aromatic carbocycles. The molecular weight excluding hydrogens is 337 g/mol.